The van der Waals surface area contributed by atoms with Gasteiger partial charge in [0.15, 0.2) is 0 Å². The SMILES string of the molecule is O=C(NCc1ccccc1Cl)c1cccc(-c2cnc(N3CCCC3)nc2)c1. The van der Waals surface area contributed by atoms with Crippen LogP contribution in [0.2, 0.25) is 5.02 Å². The second-order valence-electron chi connectivity index (χ2n) is 6.82. The highest BCUT2D eigenvalue weighted by atomic mass is 35.5. The van der Waals surface area contributed by atoms with Gasteiger partial charge in [0, 0.05) is 48.2 Å². The van der Waals surface area contributed by atoms with Crippen molar-refractivity contribution in [1.82, 2.24) is 15.3 Å². The van der Waals surface area contributed by atoms with E-state index < -0.39 is 0 Å². The molecule has 0 unspecified atom stereocenters. The third-order valence-electron chi connectivity index (χ3n) is 4.88. The molecule has 0 aliphatic carbocycles. The lowest BCUT2D eigenvalue weighted by Crippen LogP contribution is -2.22. The Labute approximate surface area is 169 Å². The van der Waals surface area contributed by atoms with Gasteiger partial charge in [0.05, 0.1) is 0 Å². The number of hydrogen-bond acceptors (Lipinski definition) is 4. The summed E-state index contributed by atoms with van der Waals surface area (Å²) in [6.07, 6.45) is 6.02. The van der Waals surface area contributed by atoms with Crippen LogP contribution < -0.4 is 10.2 Å². The Balaban J connectivity index is 1.46. The summed E-state index contributed by atoms with van der Waals surface area (Å²) >= 11 is 6.15. The quantitative estimate of drug-likeness (QED) is 0.702. The van der Waals surface area contributed by atoms with Crippen LogP contribution in [0.5, 0.6) is 0 Å². The fraction of sp³-hybridized carbons (Fsp3) is 0.227. The first-order valence-electron chi connectivity index (χ1n) is 9.40. The number of halogens is 1. The highest BCUT2D eigenvalue weighted by Gasteiger charge is 2.15. The zero-order chi connectivity index (χ0) is 19.3. The Bertz CT molecular complexity index is 968. The zero-order valence-corrected chi connectivity index (χ0v) is 16.2. The van der Waals surface area contributed by atoms with Crippen LogP contribution in [-0.4, -0.2) is 29.0 Å². The van der Waals surface area contributed by atoms with E-state index in [1.54, 1.807) is 6.07 Å². The normalized spacial score (nSPS) is 13.5. The van der Waals surface area contributed by atoms with E-state index in [0.717, 1.165) is 35.7 Å². The largest absolute Gasteiger partial charge is 0.348 e. The van der Waals surface area contributed by atoms with Crippen LogP contribution >= 0.6 is 11.6 Å². The number of anilines is 1. The Hall–Kier alpha value is -2.92. The van der Waals surface area contributed by atoms with Gasteiger partial charge in [-0.1, -0.05) is 41.9 Å². The number of amides is 1. The molecule has 1 aliphatic rings. The Kier molecular flexibility index (Phi) is 5.53. The molecule has 1 amide bonds. The molecule has 4 rings (SSSR count). The number of aromatic nitrogens is 2. The minimum Gasteiger partial charge on any atom is -0.348 e. The van der Waals surface area contributed by atoms with Gasteiger partial charge in [-0.15, -0.1) is 0 Å². The van der Waals surface area contributed by atoms with Crippen molar-refractivity contribution in [2.75, 3.05) is 18.0 Å². The van der Waals surface area contributed by atoms with Gasteiger partial charge in [-0.05, 0) is 42.2 Å². The first kappa shape index (κ1) is 18.4. The molecule has 0 bridgehead atoms. The average molecular weight is 393 g/mol. The van der Waals surface area contributed by atoms with E-state index in [1.807, 2.05) is 54.9 Å². The van der Waals surface area contributed by atoms with Crippen molar-refractivity contribution in [1.29, 1.82) is 0 Å². The summed E-state index contributed by atoms with van der Waals surface area (Å²) in [6, 6.07) is 15.0. The summed E-state index contributed by atoms with van der Waals surface area (Å²) in [5, 5.41) is 3.56. The second kappa shape index (κ2) is 8.40. The Morgan fingerprint density at radius 1 is 1.00 bits per heavy atom. The van der Waals surface area contributed by atoms with Crippen molar-refractivity contribution in [3.05, 3.63) is 77.1 Å². The van der Waals surface area contributed by atoms with Gasteiger partial charge in [-0.25, -0.2) is 9.97 Å². The smallest absolute Gasteiger partial charge is 0.251 e. The van der Waals surface area contributed by atoms with E-state index in [9.17, 15) is 4.79 Å². The molecule has 0 saturated carbocycles. The lowest BCUT2D eigenvalue weighted by atomic mass is 10.1. The molecule has 1 N–H and O–H groups in total. The number of hydrogen-bond donors (Lipinski definition) is 1. The molecule has 0 atom stereocenters. The van der Waals surface area contributed by atoms with Crippen LogP contribution in [-0.2, 0) is 6.54 Å². The lowest BCUT2D eigenvalue weighted by Gasteiger charge is -2.14. The van der Waals surface area contributed by atoms with E-state index in [0.29, 0.717) is 17.1 Å². The molecule has 1 fully saturated rings. The number of benzene rings is 2. The maximum absolute atomic E-state index is 12.5. The van der Waals surface area contributed by atoms with Gasteiger partial charge in [-0.3, -0.25) is 4.79 Å². The molecule has 1 aliphatic heterocycles. The van der Waals surface area contributed by atoms with Crippen LogP contribution in [0.1, 0.15) is 28.8 Å². The third kappa shape index (κ3) is 4.15. The minimum atomic E-state index is -0.142. The topological polar surface area (TPSA) is 58.1 Å². The van der Waals surface area contributed by atoms with Gasteiger partial charge in [0.1, 0.15) is 0 Å². The van der Waals surface area contributed by atoms with Crippen LogP contribution in [0.25, 0.3) is 11.1 Å². The maximum Gasteiger partial charge on any atom is 0.251 e. The highest BCUT2D eigenvalue weighted by Crippen LogP contribution is 2.22. The molecule has 0 spiro atoms. The van der Waals surface area contributed by atoms with Crippen LogP contribution in [0, 0.1) is 0 Å². The van der Waals surface area contributed by atoms with Crippen LogP contribution in [0.3, 0.4) is 0 Å². The number of nitrogens with zero attached hydrogens (tertiary/aromatic N) is 3. The molecule has 3 aromatic rings. The fourth-order valence-corrected chi connectivity index (χ4v) is 3.51. The second-order valence-corrected chi connectivity index (χ2v) is 7.23. The van der Waals surface area contributed by atoms with E-state index in [2.05, 4.69) is 20.2 Å². The summed E-state index contributed by atoms with van der Waals surface area (Å²) in [7, 11) is 0. The minimum absolute atomic E-state index is 0.142. The average Bonchev–Trinajstić information content (AvgIpc) is 3.28. The van der Waals surface area contributed by atoms with Crippen molar-refractivity contribution in [2.45, 2.75) is 19.4 Å². The van der Waals surface area contributed by atoms with Gasteiger partial charge in [0.2, 0.25) is 5.95 Å². The monoisotopic (exact) mass is 392 g/mol. The van der Waals surface area contributed by atoms with Crippen molar-refractivity contribution in [3.63, 3.8) is 0 Å². The molecule has 6 heteroatoms. The summed E-state index contributed by atoms with van der Waals surface area (Å²) in [5.41, 5.74) is 3.29. The molecule has 2 heterocycles. The Morgan fingerprint density at radius 2 is 1.75 bits per heavy atom. The molecule has 5 nitrogen and oxygen atoms in total. The predicted octanol–water partition coefficient (Wildman–Crippen LogP) is 4.33. The number of rotatable bonds is 5. The number of carbonyl (C=O) groups is 1. The predicted molar refractivity (Wildman–Crippen MR) is 112 cm³/mol. The first-order valence-corrected chi connectivity index (χ1v) is 9.77. The molecular formula is C22H21ClN4O. The van der Waals surface area contributed by atoms with E-state index in [4.69, 9.17) is 11.6 Å². The summed E-state index contributed by atoms with van der Waals surface area (Å²) in [6.45, 7) is 2.41. The molecule has 28 heavy (non-hydrogen) atoms. The van der Waals surface area contributed by atoms with Crippen molar-refractivity contribution in [2.24, 2.45) is 0 Å². The van der Waals surface area contributed by atoms with Crippen molar-refractivity contribution < 1.29 is 4.79 Å². The van der Waals surface area contributed by atoms with E-state index in [-0.39, 0.29) is 5.91 Å². The van der Waals surface area contributed by atoms with Gasteiger partial charge >= 0.3 is 0 Å². The highest BCUT2D eigenvalue weighted by molar-refractivity contribution is 6.31. The van der Waals surface area contributed by atoms with E-state index >= 15 is 0 Å². The van der Waals surface area contributed by atoms with Gasteiger partial charge in [0.25, 0.3) is 5.91 Å². The number of nitrogens with one attached hydrogen (secondary N) is 1. The zero-order valence-electron chi connectivity index (χ0n) is 15.4. The van der Waals surface area contributed by atoms with E-state index in [1.165, 1.54) is 12.8 Å². The van der Waals surface area contributed by atoms with Crippen molar-refractivity contribution >= 4 is 23.5 Å². The molecule has 2 aromatic carbocycles. The van der Waals surface area contributed by atoms with Crippen LogP contribution in [0.15, 0.2) is 60.9 Å². The third-order valence-corrected chi connectivity index (χ3v) is 5.25. The van der Waals surface area contributed by atoms with Gasteiger partial charge in [-0.2, -0.15) is 0 Å². The molecular weight excluding hydrogens is 372 g/mol. The summed E-state index contributed by atoms with van der Waals surface area (Å²) in [4.78, 5) is 23.7. The summed E-state index contributed by atoms with van der Waals surface area (Å²) < 4.78 is 0. The van der Waals surface area contributed by atoms with Crippen LogP contribution in [0.4, 0.5) is 5.95 Å². The summed E-state index contributed by atoms with van der Waals surface area (Å²) in [5.74, 6) is 0.631. The fourth-order valence-electron chi connectivity index (χ4n) is 3.31. The molecule has 1 saturated heterocycles. The first-order chi connectivity index (χ1) is 13.7. The van der Waals surface area contributed by atoms with Crippen molar-refractivity contribution in [3.8, 4) is 11.1 Å². The molecule has 142 valence electrons. The Morgan fingerprint density at radius 3 is 2.50 bits per heavy atom. The maximum atomic E-state index is 12.5. The number of carbonyl (C=O) groups excluding carboxylic acids is 1. The van der Waals surface area contributed by atoms with Gasteiger partial charge < -0.3 is 10.2 Å². The molecule has 0 radical (unpaired) electrons. The molecule has 1 aromatic heterocycles. The lowest BCUT2D eigenvalue weighted by molar-refractivity contribution is 0.0951. The standard InChI is InChI=1S/C22H21ClN4O/c23-20-9-2-1-6-18(20)13-24-21(28)17-8-5-7-16(12-17)19-14-25-22(26-15-19)27-10-3-4-11-27/h1-2,5-9,12,14-15H,3-4,10-11,13H2,(H,24,28).